The van der Waals surface area contributed by atoms with Crippen LogP contribution in [0.2, 0.25) is 0 Å². The summed E-state index contributed by atoms with van der Waals surface area (Å²) in [5, 5.41) is 5.66. The molecule has 1 unspecified atom stereocenters. The minimum Gasteiger partial charge on any atom is -0.309 e. The zero-order chi connectivity index (χ0) is 13.1. The van der Waals surface area contributed by atoms with Gasteiger partial charge >= 0.3 is 0 Å². The van der Waals surface area contributed by atoms with Crippen molar-refractivity contribution in [2.45, 2.75) is 32.9 Å². The van der Waals surface area contributed by atoms with Crippen molar-refractivity contribution in [3.05, 3.63) is 23.0 Å². The second-order valence-electron chi connectivity index (χ2n) is 5.07. The Bertz CT molecular complexity index is 500. The molecule has 1 atom stereocenters. The highest BCUT2D eigenvalue weighted by Gasteiger charge is 2.10. The van der Waals surface area contributed by atoms with Gasteiger partial charge in [-0.15, -0.1) is 11.3 Å². The van der Waals surface area contributed by atoms with Crippen molar-refractivity contribution in [2.24, 2.45) is 0 Å². The monoisotopic (exact) mass is 266 g/mol. The molecule has 0 bridgehead atoms. The predicted octanol–water partition coefficient (Wildman–Crippen LogP) is 2.13. The molecule has 2 rings (SSSR count). The van der Waals surface area contributed by atoms with Gasteiger partial charge < -0.3 is 10.2 Å². The first-order chi connectivity index (χ1) is 8.58. The fourth-order valence-corrected chi connectivity index (χ4v) is 2.76. The molecule has 0 fully saturated rings. The minimum absolute atomic E-state index is 0.524. The molecule has 0 spiro atoms. The topological polar surface area (TPSA) is 32.6 Å². The number of imidazole rings is 1. The maximum Gasteiger partial charge on any atom is 0.194 e. The number of nitrogens with one attached hydrogen (secondary N) is 1. The van der Waals surface area contributed by atoms with Crippen molar-refractivity contribution < 1.29 is 0 Å². The molecule has 2 aromatic heterocycles. The van der Waals surface area contributed by atoms with Gasteiger partial charge in [-0.3, -0.25) is 4.40 Å². The average molecular weight is 266 g/mol. The lowest BCUT2D eigenvalue weighted by atomic mass is 10.2. The Morgan fingerprint density at radius 1 is 1.50 bits per heavy atom. The Labute approximate surface area is 113 Å². The summed E-state index contributed by atoms with van der Waals surface area (Å²) >= 11 is 1.69. The van der Waals surface area contributed by atoms with Crippen LogP contribution in [-0.4, -0.2) is 41.0 Å². The number of aryl methyl sites for hydroxylation is 1. The standard InChI is InChI=1S/C13H22N4S/c1-10(5-6-16(3)4)14-9-12-11(2)15-13-17(12)7-8-18-13/h7-8,10,14H,5-6,9H2,1-4H3. The molecule has 2 heterocycles. The van der Waals surface area contributed by atoms with Crippen LogP contribution in [0, 0.1) is 6.92 Å². The second-order valence-corrected chi connectivity index (χ2v) is 5.95. The van der Waals surface area contributed by atoms with E-state index in [1.807, 2.05) is 0 Å². The van der Waals surface area contributed by atoms with E-state index in [1.54, 1.807) is 11.3 Å². The summed E-state index contributed by atoms with van der Waals surface area (Å²) in [4.78, 5) is 7.87. The van der Waals surface area contributed by atoms with E-state index in [2.05, 4.69) is 59.1 Å². The van der Waals surface area contributed by atoms with E-state index in [9.17, 15) is 0 Å². The lowest BCUT2D eigenvalue weighted by molar-refractivity contribution is 0.365. The zero-order valence-corrected chi connectivity index (χ0v) is 12.4. The molecule has 2 aromatic rings. The van der Waals surface area contributed by atoms with Crippen LogP contribution in [0.4, 0.5) is 0 Å². The van der Waals surface area contributed by atoms with Crippen molar-refractivity contribution in [1.82, 2.24) is 19.6 Å². The highest BCUT2D eigenvalue weighted by atomic mass is 32.1. The zero-order valence-electron chi connectivity index (χ0n) is 11.6. The molecule has 0 aliphatic rings. The van der Waals surface area contributed by atoms with Crippen LogP contribution in [0.15, 0.2) is 11.6 Å². The number of fused-ring (bicyclic) bond motifs is 1. The molecule has 4 nitrogen and oxygen atoms in total. The number of hydrogen-bond acceptors (Lipinski definition) is 4. The first-order valence-electron chi connectivity index (χ1n) is 6.37. The van der Waals surface area contributed by atoms with E-state index in [4.69, 9.17) is 0 Å². The van der Waals surface area contributed by atoms with Crippen LogP contribution >= 0.6 is 11.3 Å². The average Bonchev–Trinajstić information content (AvgIpc) is 2.84. The van der Waals surface area contributed by atoms with E-state index in [0.717, 1.165) is 30.2 Å². The molecular weight excluding hydrogens is 244 g/mol. The fraction of sp³-hybridized carbons (Fsp3) is 0.615. The molecular formula is C13H22N4S. The summed E-state index contributed by atoms with van der Waals surface area (Å²) in [5.74, 6) is 0. The smallest absolute Gasteiger partial charge is 0.194 e. The van der Waals surface area contributed by atoms with Gasteiger partial charge in [0.1, 0.15) is 0 Å². The van der Waals surface area contributed by atoms with Gasteiger partial charge in [-0.2, -0.15) is 0 Å². The first kappa shape index (κ1) is 13.5. The van der Waals surface area contributed by atoms with Crippen molar-refractivity contribution in [1.29, 1.82) is 0 Å². The predicted molar refractivity (Wildman–Crippen MR) is 77.3 cm³/mol. The van der Waals surface area contributed by atoms with Gasteiger partial charge in [0.2, 0.25) is 0 Å². The molecule has 100 valence electrons. The first-order valence-corrected chi connectivity index (χ1v) is 7.25. The van der Waals surface area contributed by atoms with E-state index >= 15 is 0 Å². The normalized spacial score (nSPS) is 13.6. The van der Waals surface area contributed by atoms with Crippen LogP contribution < -0.4 is 5.32 Å². The third-order valence-electron chi connectivity index (χ3n) is 3.19. The van der Waals surface area contributed by atoms with Crippen molar-refractivity contribution in [3.63, 3.8) is 0 Å². The van der Waals surface area contributed by atoms with Crippen LogP contribution in [0.1, 0.15) is 24.7 Å². The van der Waals surface area contributed by atoms with E-state index in [1.165, 1.54) is 5.69 Å². The highest BCUT2D eigenvalue weighted by Crippen LogP contribution is 2.16. The summed E-state index contributed by atoms with van der Waals surface area (Å²) in [6.45, 7) is 6.33. The molecule has 0 aromatic carbocycles. The van der Waals surface area contributed by atoms with Gasteiger partial charge in [0.25, 0.3) is 0 Å². The summed E-state index contributed by atoms with van der Waals surface area (Å²) in [6.07, 6.45) is 3.26. The molecule has 5 heteroatoms. The highest BCUT2D eigenvalue weighted by molar-refractivity contribution is 7.15. The van der Waals surface area contributed by atoms with Crippen molar-refractivity contribution in [3.8, 4) is 0 Å². The molecule has 0 aliphatic heterocycles. The Hall–Kier alpha value is -0.910. The van der Waals surface area contributed by atoms with Crippen LogP contribution in [0.3, 0.4) is 0 Å². The van der Waals surface area contributed by atoms with Gasteiger partial charge in [-0.25, -0.2) is 4.98 Å². The maximum absolute atomic E-state index is 4.56. The number of rotatable bonds is 6. The molecule has 0 amide bonds. The van der Waals surface area contributed by atoms with Crippen LogP contribution in [0.25, 0.3) is 4.96 Å². The summed E-state index contributed by atoms with van der Waals surface area (Å²) < 4.78 is 2.19. The molecule has 0 radical (unpaired) electrons. The number of thiazole rings is 1. The third kappa shape index (κ3) is 3.10. The molecule has 0 saturated carbocycles. The van der Waals surface area contributed by atoms with Gasteiger partial charge in [0.15, 0.2) is 4.96 Å². The van der Waals surface area contributed by atoms with E-state index in [0.29, 0.717) is 6.04 Å². The molecule has 1 N–H and O–H groups in total. The fourth-order valence-electron chi connectivity index (χ4n) is 1.98. The van der Waals surface area contributed by atoms with Gasteiger partial charge in [-0.1, -0.05) is 0 Å². The summed E-state index contributed by atoms with van der Waals surface area (Å²) in [5.41, 5.74) is 2.41. The largest absolute Gasteiger partial charge is 0.309 e. The molecule has 0 aliphatic carbocycles. The lowest BCUT2D eigenvalue weighted by Crippen LogP contribution is -2.29. The number of nitrogens with zero attached hydrogens (tertiary/aromatic N) is 3. The van der Waals surface area contributed by atoms with Crippen LogP contribution in [-0.2, 0) is 6.54 Å². The molecule has 18 heavy (non-hydrogen) atoms. The Morgan fingerprint density at radius 3 is 3.00 bits per heavy atom. The maximum atomic E-state index is 4.56. The quantitative estimate of drug-likeness (QED) is 0.869. The third-order valence-corrected chi connectivity index (χ3v) is 3.95. The number of aromatic nitrogens is 2. The van der Waals surface area contributed by atoms with E-state index < -0.39 is 0 Å². The van der Waals surface area contributed by atoms with Crippen molar-refractivity contribution >= 4 is 16.3 Å². The summed E-state index contributed by atoms with van der Waals surface area (Å²) in [7, 11) is 4.23. The van der Waals surface area contributed by atoms with Gasteiger partial charge in [0.05, 0.1) is 11.4 Å². The lowest BCUT2D eigenvalue weighted by Gasteiger charge is -2.16. The summed E-state index contributed by atoms with van der Waals surface area (Å²) in [6, 6.07) is 0.524. The van der Waals surface area contributed by atoms with E-state index in [-0.39, 0.29) is 0 Å². The SMILES string of the molecule is Cc1nc2sccn2c1CNC(C)CCN(C)C. The Kier molecular flexibility index (Phi) is 4.37. The van der Waals surface area contributed by atoms with Crippen LogP contribution in [0.5, 0.6) is 0 Å². The van der Waals surface area contributed by atoms with Gasteiger partial charge in [-0.05, 0) is 40.9 Å². The Morgan fingerprint density at radius 2 is 2.28 bits per heavy atom. The van der Waals surface area contributed by atoms with Gasteiger partial charge in [0, 0.05) is 24.2 Å². The second kappa shape index (κ2) is 5.82. The minimum atomic E-state index is 0.524. The Balaban J connectivity index is 1.93. The van der Waals surface area contributed by atoms with Crippen molar-refractivity contribution in [2.75, 3.05) is 20.6 Å². The molecule has 0 saturated heterocycles. The number of hydrogen-bond donors (Lipinski definition) is 1.